The van der Waals surface area contributed by atoms with Gasteiger partial charge in [-0.2, -0.15) is 5.26 Å². The monoisotopic (exact) mass is 270 g/mol. The van der Waals surface area contributed by atoms with Crippen molar-refractivity contribution in [3.63, 3.8) is 0 Å². The minimum absolute atomic E-state index is 0.456. The van der Waals surface area contributed by atoms with E-state index >= 15 is 0 Å². The van der Waals surface area contributed by atoms with Crippen LogP contribution >= 0.6 is 0 Å². The Morgan fingerprint density at radius 2 is 2.20 bits per heavy atom. The number of anilines is 2. The van der Waals surface area contributed by atoms with E-state index in [9.17, 15) is 0 Å². The molecule has 0 aliphatic rings. The van der Waals surface area contributed by atoms with Crippen LogP contribution in [0, 0.1) is 11.3 Å². The molecule has 5 nitrogen and oxygen atoms in total. The van der Waals surface area contributed by atoms with E-state index in [1.54, 1.807) is 19.5 Å². The molecule has 0 aliphatic carbocycles. The van der Waals surface area contributed by atoms with Crippen molar-refractivity contribution < 1.29 is 4.74 Å². The van der Waals surface area contributed by atoms with Crippen LogP contribution in [0.2, 0.25) is 0 Å². The highest BCUT2D eigenvalue weighted by atomic mass is 16.5. The third-order valence-electron chi connectivity index (χ3n) is 3.24. The fraction of sp³-hybridized carbons (Fsp3) is 0.333. The number of methoxy groups -OCH3 is 1. The molecule has 0 amide bonds. The molecule has 0 atom stereocenters. The zero-order valence-electron chi connectivity index (χ0n) is 11.5. The molecule has 1 heterocycles. The van der Waals surface area contributed by atoms with Crippen molar-refractivity contribution in [2.75, 3.05) is 37.4 Å². The van der Waals surface area contributed by atoms with Crippen molar-refractivity contribution in [1.29, 1.82) is 5.26 Å². The summed E-state index contributed by atoms with van der Waals surface area (Å²) in [5, 5.41) is 10.8. The summed E-state index contributed by atoms with van der Waals surface area (Å²) in [5.74, 6) is 0. The molecule has 1 aromatic carbocycles. The number of nitriles is 1. The Kier molecular flexibility index (Phi) is 4.75. The summed E-state index contributed by atoms with van der Waals surface area (Å²) in [4.78, 5) is 6.18. The van der Waals surface area contributed by atoms with E-state index in [-0.39, 0.29) is 0 Å². The fourth-order valence-electron chi connectivity index (χ4n) is 2.20. The summed E-state index contributed by atoms with van der Waals surface area (Å²) >= 11 is 0. The van der Waals surface area contributed by atoms with Gasteiger partial charge in [0.05, 0.1) is 30.5 Å². The average molecular weight is 270 g/mol. The number of rotatable bonds is 6. The number of ether oxygens (including phenoxy) is 1. The Morgan fingerprint density at radius 1 is 1.35 bits per heavy atom. The van der Waals surface area contributed by atoms with Crippen molar-refractivity contribution in [3.8, 4) is 6.07 Å². The Balaban J connectivity index is 2.36. The Bertz CT molecular complexity index is 621. The van der Waals surface area contributed by atoms with Crippen LogP contribution in [0.1, 0.15) is 6.42 Å². The molecular weight excluding hydrogens is 252 g/mol. The average Bonchev–Trinajstić information content (AvgIpc) is 2.49. The van der Waals surface area contributed by atoms with Gasteiger partial charge in [-0.1, -0.05) is 6.07 Å². The highest BCUT2D eigenvalue weighted by molar-refractivity contribution is 5.98. The van der Waals surface area contributed by atoms with E-state index in [1.165, 1.54) is 0 Å². The van der Waals surface area contributed by atoms with Gasteiger partial charge in [-0.05, 0) is 12.1 Å². The minimum atomic E-state index is 0.456. The Labute approximate surface area is 118 Å². The summed E-state index contributed by atoms with van der Waals surface area (Å²) in [6.45, 7) is 1.94. The number of benzene rings is 1. The first kappa shape index (κ1) is 14.1. The minimum Gasteiger partial charge on any atom is -0.397 e. The van der Waals surface area contributed by atoms with Crippen molar-refractivity contribution in [3.05, 3.63) is 30.6 Å². The molecule has 2 N–H and O–H groups in total. The third-order valence-corrected chi connectivity index (χ3v) is 3.24. The smallest absolute Gasteiger partial charge is 0.0640 e. The molecule has 5 heteroatoms. The summed E-state index contributed by atoms with van der Waals surface area (Å²) in [6.07, 6.45) is 3.99. The van der Waals surface area contributed by atoms with Crippen LogP contribution in [0.5, 0.6) is 0 Å². The summed E-state index contributed by atoms with van der Waals surface area (Å²) in [5.41, 5.74) is 7.93. The summed E-state index contributed by atoms with van der Waals surface area (Å²) in [6, 6.07) is 8.06. The van der Waals surface area contributed by atoms with E-state index in [0.29, 0.717) is 26.1 Å². The second kappa shape index (κ2) is 6.73. The van der Waals surface area contributed by atoms with Gasteiger partial charge in [0, 0.05) is 43.4 Å². The fourth-order valence-corrected chi connectivity index (χ4v) is 2.20. The van der Waals surface area contributed by atoms with E-state index in [0.717, 1.165) is 22.1 Å². The van der Waals surface area contributed by atoms with Crippen LogP contribution in [-0.4, -0.2) is 31.8 Å². The van der Waals surface area contributed by atoms with Crippen molar-refractivity contribution in [2.24, 2.45) is 0 Å². The van der Waals surface area contributed by atoms with Gasteiger partial charge in [0.15, 0.2) is 0 Å². The first-order chi connectivity index (χ1) is 9.77. The predicted molar refractivity (Wildman–Crippen MR) is 80.5 cm³/mol. The maximum Gasteiger partial charge on any atom is 0.0640 e. The van der Waals surface area contributed by atoms with Gasteiger partial charge in [-0.3, -0.25) is 4.98 Å². The molecule has 20 heavy (non-hydrogen) atoms. The maximum atomic E-state index is 8.78. The molecule has 1 aromatic heterocycles. The molecule has 0 fully saturated rings. The second-order valence-corrected chi connectivity index (χ2v) is 4.48. The third kappa shape index (κ3) is 2.98. The Hall–Kier alpha value is -2.32. The summed E-state index contributed by atoms with van der Waals surface area (Å²) < 4.78 is 5.13. The van der Waals surface area contributed by atoms with Gasteiger partial charge in [0.25, 0.3) is 0 Å². The maximum absolute atomic E-state index is 8.78. The van der Waals surface area contributed by atoms with Crippen LogP contribution in [-0.2, 0) is 4.74 Å². The number of nitrogen functional groups attached to an aromatic ring is 1. The molecule has 0 saturated heterocycles. The number of aromatic nitrogens is 1. The molecule has 0 radical (unpaired) electrons. The molecule has 2 rings (SSSR count). The topological polar surface area (TPSA) is 75.2 Å². The van der Waals surface area contributed by atoms with E-state index < -0.39 is 0 Å². The number of fused-ring (bicyclic) bond motifs is 1. The normalized spacial score (nSPS) is 10.4. The van der Waals surface area contributed by atoms with E-state index in [4.69, 9.17) is 15.7 Å². The molecule has 0 bridgehead atoms. The molecule has 0 aliphatic heterocycles. The lowest BCUT2D eigenvalue weighted by Crippen LogP contribution is -2.28. The predicted octanol–water partition coefficient (Wildman–Crippen LogP) is 2.18. The zero-order chi connectivity index (χ0) is 14.4. The lowest BCUT2D eigenvalue weighted by molar-refractivity contribution is 0.205. The largest absolute Gasteiger partial charge is 0.397 e. The molecule has 2 aromatic rings. The zero-order valence-corrected chi connectivity index (χ0v) is 11.5. The van der Waals surface area contributed by atoms with Crippen molar-refractivity contribution in [2.45, 2.75) is 6.42 Å². The van der Waals surface area contributed by atoms with Crippen LogP contribution in [0.25, 0.3) is 10.8 Å². The highest BCUT2D eigenvalue weighted by Crippen LogP contribution is 2.30. The lowest BCUT2D eigenvalue weighted by atomic mass is 10.1. The Morgan fingerprint density at radius 3 is 2.95 bits per heavy atom. The van der Waals surface area contributed by atoms with Crippen LogP contribution in [0.4, 0.5) is 11.4 Å². The van der Waals surface area contributed by atoms with Gasteiger partial charge in [-0.15, -0.1) is 0 Å². The van der Waals surface area contributed by atoms with Gasteiger partial charge < -0.3 is 15.4 Å². The first-order valence-electron chi connectivity index (χ1n) is 6.51. The lowest BCUT2D eigenvalue weighted by Gasteiger charge is -2.25. The number of hydrogen-bond acceptors (Lipinski definition) is 5. The summed E-state index contributed by atoms with van der Waals surface area (Å²) in [7, 11) is 1.66. The molecule has 0 spiro atoms. The molecule has 104 valence electrons. The van der Waals surface area contributed by atoms with Crippen LogP contribution < -0.4 is 10.6 Å². The van der Waals surface area contributed by atoms with E-state index in [2.05, 4.69) is 16.0 Å². The van der Waals surface area contributed by atoms with Crippen molar-refractivity contribution >= 4 is 22.1 Å². The number of nitrogens with two attached hydrogens (primary N) is 1. The van der Waals surface area contributed by atoms with Crippen molar-refractivity contribution in [1.82, 2.24) is 4.98 Å². The standard InChI is InChI=1S/C15H18N4O/c1-20-10-9-19(8-2-6-16)14-4-3-12-11-18-7-5-13(12)15(14)17/h3-5,7,11H,2,8-10,17H2,1H3. The van der Waals surface area contributed by atoms with Gasteiger partial charge in [-0.25, -0.2) is 0 Å². The highest BCUT2D eigenvalue weighted by Gasteiger charge is 2.11. The first-order valence-corrected chi connectivity index (χ1v) is 6.51. The van der Waals surface area contributed by atoms with Gasteiger partial charge >= 0.3 is 0 Å². The second-order valence-electron chi connectivity index (χ2n) is 4.48. The van der Waals surface area contributed by atoms with Crippen LogP contribution in [0.3, 0.4) is 0 Å². The molecule has 0 saturated carbocycles. The van der Waals surface area contributed by atoms with Gasteiger partial charge in [0.2, 0.25) is 0 Å². The number of nitrogens with zero attached hydrogens (tertiary/aromatic N) is 3. The quantitative estimate of drug-likeness (QED) is 0.814. The number of hydrogen-bond donors (Lipinski definition) is 1. The SMILES string of the molecule is COCCN(CCC#N)c1ccc2cnccc2c1N. The van der Waals surface area contributed by atoms with E-state index in [1.807, 2.05) is 18.2 Å². The van der Waals surface area contributed by atoms with Crippen LogP contribution in [0.15, 0.2) is 30.6 Å². The molecule has 0 unspecified atom stereocenters. The van der Waals surface area contributed by atoms with Gasteiger partial charge in [0.1, 0.15) is 0 Å². The molecular formula is C15H18N4O. The number of pyridine rings is 1.